The van der Waals surface area contributed by atoms with E-state index in [1.54, 1.807) is 4.90 Å². The Bertz CT molecular complexity index is 527. The van der Waals surface area contributed by atoms with Gasteiger partial charge in [-0.05, 0) is 19.9 Å². The molecule has 1 aromatic heterocycles. The number of aryl methyl sites for hydroxylation is 2. The fourth-order valence-corrected chi connectivity index (χ4v) is 2.26. The van der Waals surface area contributed by atoms with E-state index in [9.17, 15) is 9.59 Å². The number of carbonyl (C=O) groups is 2. The van der Waals surface area contributed by atoms with Gasteiger partial charge in [-0.25, -0.2) is 9.97 Å². The highest BCUT2D eigenvalue weighted by atomic mass is 16.5. The first-order valence-electron chi connectivity index (χ1n) is 6.95. The molecule has 1 fully saturated rings. The van der Waals surface area contributed by atoms with Crippen molar-refractivity contribution in [1.82, 2.24) is 20.2 Å². The molecular weight excluding hydrogens is 272 g/mol. The molecule has 0 radical (unpaired) electrons. The molecule has 0 aliphatic carbocycles. The van der Waals surface area contributed by atoms with Gasteiger partial charge >= 0.3 is 6.01 Å². The summed E-state index contributed by atoms with van der Waals surface area (Å²) in [5.41, 5.74) is 1.71. The molecular formula is C14H20N4O3. The molecule has 7 nitrogen and oxygen atoms in total. The summed E-state index contributed by atoms with van der Waals surface area (Å²) in [6, 6.07) is 2.23. The summed E-state index contributed by atoms with van der Waals surface area (Å²) in [6.07, 6.45) is 0.634. The van der Waals surface area contributed by atoms with E-state index in [1.807, 2.05) is 19.9 Å². The Balaban J connectivity index is 1.87. The summed E-state index contributed by atoms with van der Waals surface area (Å²) in [5.74, 6) is -0.309. The van der Waals surface area contributed by atoms with Crippen molar-refractivity contribution in [3.63, 3.8) is 0 Å². The predicted octanol–water partition coefficient (Wildman–Crippen LogP) is 0.209. The smallest absolute Gasteiger partial charge is 0.317 e. The van der Waals surface area contributed by atoms with Gasteiger partial charge in [0.15, 0.2) is 0 Å². The Labute approximate surface area is 123 Å². The molecule has 0 saturated carbocycles. The summed E-state index contributed by atoms with van der Waals surface area (Å²) in [5, 5.41) is 2.51. The highest BCUT2D eigenvalue weighted by Gasteiger charge is 2.28. The first-order valence-corrected chi connectivity index (χ1v) is 6.95. The van der Waals surface area contributed by atoms with Crippen molar-refractivity contribution < 1.29 is 14.3 Å². The van der Waals surface area contributed by atoms with Gasteiger partial charge in [0.1, 0.15) is 6.10 Å². The lowest BCUT2D eigenvalue weighted by atomic mass is 10.3. The van der Waals surface area contributed by atoms with Gasteiger partial charge in [0.05, 0.1) is 13.1 Å². The second-order valence-electron chi connectivity index (χ2n) is 5.21. The maximum absolute atomic E-state index is 11.9. The number of nitrogens with one attached hydrogen (secondary N) is 1. The summed E-state index contributed by atoms with van der Waals surface area (Å²) in [4.78, 5) is 32.8. The van der Waals surface area contributed by atoms with Gasteiger partial charge in [-0.3, -0.25) is 9.59 Å². The molecule has 2 amide bonds. The normalized spacial score (nSPS) is 17.7. The highest BCUT2D eigenvalue weighted by Crippen LogP contribution is 2.16. The fraction of sp³-hybridized carbons (Fsp3) is 0.571. The molecule has 1 atom stereocenters. The lowest BCUT2D eigenvalue weighted by Gasteiger charge is -2.17. The fourth-order valence-electron chi connectivity index (χ4n) is 2.26. The molecule has 2 heterocycles. The highest BCUT2D eigenvalue weighted by molar-refractivity contribution is 5.83. The minimum Gasteiger partial charge on any atom is -0.458 e. The van der Waals surface area contributed by atoms with Crippen molar-refractivity contribution in [2.24, 2.45) is 0 Å². The summed E-state index contributed by atoms with van der Waals surface area (Å²) in [6.45, 7) is 6.31. The number of carbonyl (C=O) groups excluding carboxylic acids is 2. The molecule has 114 valence electrons. The number of rotatable bonds is 4. The van der Waals surface area contributed by atoms with Crippen molar-refractivity contribution in [3.05, 3.63) is 17.5 Å². The van der Waals surface area contributed by atoms with Crippen molar-refractivity contribution >= 4 is 11.8 Å². The molecule has 1 N–H and O–H groups in total. The quantitative estimate of drug-likeness (QED) is 0.857. The van der Waals surface area contributed by atoms with Crippen molar-refractivity contribution in [2.45, 2.75) is 33.3 Å². The molecule has 1 aliphatic rings. The number of amides is 2. The average molecular weight is 292 g/mol. The number of aromatic nitrogens is 2. The third-order valence-corrected chi connectivity index (χ3v) is 3.22. The van der Waals surface area contributed by atoms with Crippen molar-refractivity contribution in [2.75, 3.05) is 19.6 Å². The molecule has 2 rings (SSSR count). The number of hydrogen-bond donors (Lipinski definition) is 1. The van der Waals surface area contributed by atoms with Crippen molar-refractivity contribution in [3.8, 4) is 6.01 Å². The minimum atomic E-state index is -0.209. The molecule has 7 heteroatoms. The van der Waals surface area contributed by atoms with Crippen LogP contribution in [0.1, 0.15) is 24.7 Å². The van der Waals surface area contributed by atoms with Gasteiger partial charge in [0.2, 0.25) is 11.8 Å². The zero-order chi connectivity index (χ0) is 15.4. The zero-order valence-corrected chi connectivity index (χ0v) is 12.5. The third kappa shape index (κ3) is 4.40. The monoisotopic (exact) mass is 292 g/mol. The van der Waals surface area contributed by atoms with Crippen LogP contribution < -0.4 is 10.1 Å². The maximum Gasteiger partial charge on any atom is 0.317 e. The lowest BCUT2D eigenvalue weighted by Crippen LogP contribution is -2.39. The summed E-state index contributed by atoms with van der Waals surface area (Å²) >= 11 is 0. The zero-order valence-electron chi connectivity index (χ0n) is 12.5. The van der Waals surface area contributed by atoms with E-state index < -0.39 is 0 Å². The maximum atomic E-state index is 11.9. The van der Waals surface area contributed by atoms with Crippen molar-refractivity contribution in [1.29, 1.82) is 0 Å². The topological polar surface area (TPSA) is 84.4 Å². The molecule has 1 aliphatic heterocycles. The number of nitrogens with zero attached hydrogens (tertiary/aromatic N) is 3. The standard InChI is InChI=1S/C14H20N4O3/c1-9-6-10(2)17-14(16-9)21-12-4-5-18(8-12)13(20)7-15-11(3)19/h6,12H,4-5,7-8H2,1-3H3,(H,15,19)/t12-/m0/s1. The molecule has 1 aromatic rings. The van der Waals surface area contributed by atoms with E-state index in [1.165, 1.54) is 6.92 Å². The SMILES string of the molecule is CC(=O)NCC(=O)N1CC[C@H](Oc2nc(C)cc(C)n2)C1. The van der Waals surface area contributed by atoms with E-state index in [0.29, 0.717) is 19.1 Å². The summed E-state index contributed by atoms with van der Waals surface area (Å²) < 4.78 is 5.74. The van der Waals surface area contributed by atoms with Gasteiger partial charge in [-0.15, -0.1) is 0 Å². The van der Waals surface area contributed by atoms with Gasteiger partial charge < -0.3 is 15.0 Å². The van der Waals surface area contributed by atoms with Crippen LogP contribution in [0.15, 0.2) is 6.07 Å². The number of hydrogen-bond acceptors (Lipinski definition) is 5. The minimum absolute atomic E-state index is 0.0299. The first kappa shape index (κ1) is 15.2. The third-order valence-electron chi connectivity index (χ3n) is 3.22. The van der Waals surface area contributed by atoms with E-state index in [2.05, 4.69) is 15.3 Å². The average Bonchev–Trinajstić information content (AvgIpc) is 2.83. The Morgan fingerprint density at radius 3 is 2.67 bits per heavy atom. The lowest BCUT2D eigenvalue weighted by molar-refractivity contribution is -0.131. The van der Waals surface area contributed by atoms with Gasteiger partial charge in [-0.1, -0.05) is 0 Å². The molecule has 0 unspecified atom stereocenters. The Morgan fingerprint density at radius 1 is 1.38 bits per heavy atom. The molecule has 0 bridgehead atoms. The predicted molar refractivity (Wildman–Crippen MR) is 75.8 cm³/mol. The van der Waals surface area contributed by atoms with E-state index >= 15 is 0 Å². The molecule has 0 aromatic carbocycles. The molecule has 21 heavy (non-hydrogen) atoms. The Morgan fingerprint density at radius 2 is 2.05 bits per heavy atom. The van der Waals surface area contributed by atoms with Crippen LogP contribution in [-0.2, 0) is 9.59 Å². The molecule has 1 saturated heterocycles. The van der Waals surface area contributed by atoms with Crippen LogP contribution in [0.2, 0.25) is 0 Å². The van der Waals surface area contributed by atoms with Crippen LogP contribution in [0.3, 0.4) is 0 Å². The largest absolute Gasteiger partial charge is 0.458 e. The van der Waals surface area contributed by atoms with Crippen LogP contribution in [0, 0.1) is 13.8 Å². The van der Waals surface area contributed by atoms with E-state index in [4.69, 9.17) is 4.74 Å². The van der Waals surface area contributed by atoms with Crippen LogP contribution in [0.25, 0.3) is 0 Å². The Hall–Kier alpha value is -2.18. The second kappa shape index (κ2) is 6.51. The van der Waals surface area contributed by atoms with Crippen LogP contribution in [0.4, 0.5) is 0 Å². The van der Waals surface area contributed by atoms with Crippen LogP contribution >= 0.6 is 0 Å². The van der Waals surface area contributed by atoms with Gasteiger partial charge in [0, 0.05) is 31.3 Å². The van der Waals surface area contributed by atoms with Gasteiger partial charge in [-0.2, -0.15) is 0 Å². The Kier molecular flexibility index (Phi) is 4.72. The molecule has 0 spiro atoms. The van der Waals surface area contributed by atoms with Crippen LogP contribution in [-0.4, -0.2) is 52.4 Å². The van der Waals surface area contributed by atoms with Gasteiger partial charge in [0.25, 0.3) is 0 Å². The van der Waals surface area contributed by atoms with E-state index in [-0.39, 0.29) is 24.5 Å². The van der Waals surface area contributed by atoms with E-state index in [0.717, 1.165) is 17.8 Å². The summed E-state index contributed by atoms with van der Waals surface area (Å²) in [7, 11) is 0. The number of ether oxygens (including phenoxy) is 1. The first-order chi connectivity index (χ1) is 9.94. The van der Waals surface area contributed by atoms with Crippen LogP contribution in [0.5, 0.6) is 6.01 Å². The number of likely N-dealkylation sites (tertiary alicyclic amines) is 1. The second-order valence-corrected chi connectivity index (χ2v) is 5.21.